The van der Waals surface area contributed by atoms with E-state index in [9.17, 15) is 0 Å². The monoisotopic (exact) mass is 378 g/mol. The topological polar surface area (TPSA) is 6.48 Å². The highest BCUT2D eigenvalue weighted by Gasteiger charge is 2.33. The predicted octanol–water partition coefficient (Wildman–Crippen LogP) is 6.48. The summed E-state index contributed by atoms with van der Waals surface area (Å²) in [6, 6.07) is 0. The highest BCUT2D eigenvalue weighted by atomic mass is 15.2. The van der Waals surface area contributed by atoms with Crippen molar-refractivity contribution in [2.24, 2.45) is 23.2 Å². The van der Waals surface area contributed by atoms with Crippen LogP contribution < -0.4 is 0 Å². The highest BCUT2D eigenvalue weighted by molar-refractivity contribution is 4.91. The Morgan fingerprint density at radius 1 is 0.963 bits per heavy atom. The third kappa shape index (κ3) is 10.1. The van der Waals surface area contributed by atoms with E-state index < -0.39 is 0 Å². The maximum Gasteiger partial charge on any atom is 0.00106 e. The van der Waals surface area contributed by atoms with Gasteiger partial charge in [-0.15, -0.1) is 6.58 Å². The maximum atomic E-state index is 4.00. The van der Waals surface area contributed by atoms with Crippen molar-refractivity contribution in [1.29, 1.82) is 0 Å². The molecular formula is C25H50N2. The fourth-order valence-corrected chi connectivity index (χ4v) is 4.84. The summed E-state index contributed by atoms with van der Waals surface area (Å²) in [5, 5.41) is 0. The van der Waals surface area contributed by atoms with Crippen molar-refractivity contribution < 1.29 is 0 Å². The lowest BCUT2D eigenvalue weighted by molar-refractivity contribution is 0.0700. The van der Waals surface area contributed by atoms with Crippen LogP contribution in [-0.2, 0) is 0 Å². The first-order valence-electron chi connectivity index (χ1n) is 11.9. The van der Waals surface area contributed by atoms with Gasteiger partial charge >= 0.3 is 0 Å². The molecule has 0 unspecified atom stereocenters. The van der Waals surface area contributed by atoms with Crippen molar-refractivity contribution in [3.8, 4) is 0 Å². The Morgan fingerprint density at radius 3 is 1.96 bits per heavy atom. The lowest BCUT2D eigenvalue weighted by Gasteiger charge is -2.43. The summed E-state index contributed by atoms with van der Waals surface area (Å²) in [5.74, 6) is 2.58. The molecule has 2 fully saturated rings. The number of allylic oxidation sites excluding steroid dienone is 1. The first-order chi connectivity index (χ1) is 12.8. The van der Waals surface area contributed by atoms with Crippen LogP contribution in [0.25, 0.3) is 0 Å². The van der Waals surface area contributed by atoms with E-state index in [4.69, 9.17) is 0 Å². The number of piperidine rings is 2. The zero-order valence-corrected chi connectivity index (χ0v) is 19.6. The van der Waals surface area contributed by atoms with Crippen molar-refractivity contribution >= 4 is 0 Å². The molecule has 0 aliphatic carbocycles. The molecule has 2 aliphatic rings. The summed E-state index contributed by atoms with van der Waals surface area (Å²) in [5.41, 5.74) is 0.577. The van der Waals surface area contributed by atoms with E-state index in [1.807, 2.05) is 0 Å². The van der Waals surface area contributed by atoms with Crippen LogP contribution in [0.15, 0.2) is 12.7 Å². The third-order valence-electron chi connectivity index (χ3n) is 6.12. The summed E-state index contributed by atoms with van der Waals surface area (Å²) >= 11 is 0. The largest absolute Gasteiger partial charge is 0.303 e. The zero-order chi connectivity index (χ0) is 20.3. The van der Waals surface area contributed by atoms with Crippen molar-refractivity contribution in [2.45, 2.75) is 86.5 Å². The van der Waals surface area contributed by atoms with Crippen molar-refractivity contribution in [1.82, 2.24) is 9.80 Å². The van der Waals surface area contributed by atoms with E-state index in [0.717, 1.165) is 17.8 Å². The van der Waals surface area contributed by atoms with Crippen LogP contribution >= 0.6 is 0 Å². The lowest BCUT2D eigenvalue weighted by atomic mass is 9.72. The molecule has 0 N–H and O–H groups in total. The molecule has 0 bridgehead atoms. The fraction of sp³-hybridized carbons (Fsp3) is 0.920. The average Bonchev–Trinajstić information content (AvgIpc) is 2.58. The van der Waals surface area contributed by atoms with Gasteiger partial charge < -0.3 is 9.80 Å². The zero-order valence-electron chi connectivity index (χ0n) is 19.6. The Kier molecular flexibility index (Phi) is 11.9. The van der Waals surface area contributed by atoms with Crippen molar-refractivity contribution in [3.05, 3.63) is 12.7 Å². The molecule has 0 spiro atoms. The highest BCUT2D eigenvalue weighted by Crippen LogP contribution is 2.40. The molecule has 2 saturated heterocycles. The van der Waals surface area contributed by atoms with Gasteiger partial charge in [-0.05, 0) is 87.9 Å². The molecule has 27 heavy (non-hydrogen) atoms. The normalized spacial score (nSPS) is 21.9. The minimum Gasteiger partial charge on any atom is -0.303 e. The van der Waals surface area contributed by atoms with Gasteiger partial charge in [-0.3, -0.25) is 0 Å². The number of nitrogens with zero attached hydrogens (tertiary/aromatic N) is 2. The number of rotatable bonds is 8. The van der Waals surface area contributed by atoms with E-state index in [2.05, 4.69) is 64.0 Å². The molecule has 0 saturated carbocycles. The molecule has 2 rings (SSSR count). The van der Waals surface area contributed by atoms with Crippen LogP contribution in [0.4, 0.5) is 0 Å². The average molecular weight is 379 g/mol. The van der Waals surface area contributed by atoms with E-state index in [-0.39, 0.29) is 0 Å². The van der Waals surface area contributed by atoms with Gasteiger partial charge in [-0.1, -0.05) is 54.0 Å². The second-order valence-corrected chi connectivity index (χ2v) is 10.4. The first-order valence-corrected chi connectivity index (χ1v) is 11.9. The Balaban J connectivity index is 0.000000828. The molecule has 0 aromatic carbocycles. The number of likely N-dealkylation sites (tertiary alicyclic amines) is 2. The molecular weight excluding hydrogens is 328 g/mol. The van der Waals surface area contributed by atoms with Crippen molar-refractivity contribution in [2.75, 3.05) is 39.3 Å². The van der Waals surface area contributed by atoms with Crippen LogP contribution in [-0.4, -0.2) is 49.1 Å². The minimum absolute atomic E-state index is 0.577. The second-order valence-electron chi connectivity index (χ2n) is 10.4. The minimum atomic E-state index is 0.577. The van der Waals surface area contributed by atoms with Crippen molar-refractivity contribution in [3.63, 3.8) is 0 Å². The molecule has 0 radical (unpaired) electrons. The van der Waals surface area contributed by atoms with E-state index >= 15 is 0 Å². The van der Waals surface area contributed by atoms with Crippen LogP contribution in [0, 0.1) is 23.2 Å². The van der Waals surface area contributed by atoms with Gasteiger partial charge in [0, 0.05) is 13.1 Å². The molecule has 0 atom stereocenters. The fourth-order valence-electron chi connectivity index (χ4n) is 4.84. The van der Waals surface area contributed by atoms with Gasteiger partial charge in [0.25, 0.3) is 0 Å². The van der Waals surface area contributed by atoms with Gasteiger partial charge in [-0.2, -0.15) is 0 Å². The third-order valence-corrected chi connectivity index (χ3v) is 6.12. The van der Waals surface area contributed by atoms with Gasteiger partial charge in [0.15, 0.2) is 0 Å². The van der Waals surface area contributed by atoms with Gasteiger partial charge in [-0.25, -0.2) is 0 Å². The molecule has 2 nitrogen and oxygen atoms in total. The van der Waals surface area contributed by atoms with Crippen LogP contribution in [0.2, 0.25) is 0 Å². The summed E-state index contributed by atoms with van der Waals surface area (Å²) in [6.45, 7) is 25.5. The van der Waals surface area contributed by atoms with Crippen LogP contribution in [0.3, 0.4) is 0 Å². The van der Waals surface area contributed by atoms with Crippen LogP contribution in [0.5, 0.6) is 0 Å². The van der Waals surface area contributed by atoms with Crippen LogP contribution in [0.1, 0.15) is 86.5 Å². The lowest BCUT2D eigenvalue weighted by Crippen LogP contribution is -2.44. The van der Waals surface area contributed by atoms with Gasteiger partial charge in [0.05, 0.1) is 0 Å². The molecule has 2 heterocycles. The van der Waals surface area contributed by atoms with E-state index in [1.54, 1.807) is 0 Å². The summed E-state index contributed by atoms with van der Waals surface area (Å²) < 4.78 is 0. The molecule has 2 aliphatic heterocycles. The molecule has 160 valence electrons. The van der Waals surface area contributed by atoms with E-state index in [0.29, 0.717) is 5.41 Å². The number of hydrogen-bond donors (Lipinski definition) is 0. The smallest absolute Gasteiger partial charge is 0.00106 e. The Labute approximate surface area is 171 Å². The molecule has 0 aromatic heterocycles. The molecule has 2 heteroatoms. The second kappa shape index (κ2) is 13.0. The van der Waals surface area contributed by atoms with Gasteiger partial charge in [0.2, 0.25) is 0 Å². The maximum absolute atomic E-state index is 4.00. The summed E-state index contributed by atoms with van der Waals surface area (Å²) in [4.78, 5) is 5.44. The Bertz CT molecular complexity index is 369. The molecule has 0 aromatic rings. The predicted molar refractivity (Wildman–Crippen MR) is 122 cm³/mol. The summed E-state index contributed by atoms with van der Waals surface area (Å²) in [6.07, 6.45) is 11.7. The quantitative estimate of drug-likeness (QED) is 0.446. The number of hydrogen-bond acceptors (Lipinski definition) is 2. The van der Waals surface area contributed by atoms with E-state index in [1.165, 1.54) is 84.2 Å². The molecule has 0 amide bonds. The summed E-state index contributed by atoms with van der Waals surface area (Å²) in [7, 11) is 0. The SMILES string of the molecule is C=CCC1(CCC)CCN(CC2CCN(CC(C)C)CC2)CC1.CC(C)C. The Morgan fingerprint density at radius 2 is 1.52 bits per heavy atom. The van der Waals surface area contributed by atoms with Gasteiger partial charge in [0.1, 0.15) is 0 Å². The first kappa shape index (κ1) is 24.7. The standard InChI is InChI=1S/C21H40N2.C4H10/c1-5-9-21(10-6-2)11-15-23(16-12-21)18-20-7-13-22(14-8-20)17-19(3)4;1-4(2)3/h5,19-20H,1,6-18H2,2-4H3;4H,1-3H3. The Hall–Kier alpha value is -0.340.